The molecule has 1 aromatic heterocycles. The van der Waals surface area contributed by atoms with Crippen LogP contribution in [0.2, 0.25) is 0 Å². The highest BCUT2D eigenvalue weighted by Gasteiger charge is 2.13. The highest BCUT2D eigenvalue weighted by Crippen LogP contribution is 2.13. The molecule has 2 rings (SSSR count). The van der Waals surface area contributed by atoms with Crippen molar-refractivity contribution < 1.29 is 18.7 Å². The van der Waals surface area contributed by atoms with Gasteiger partial charge in [0.25, 0.3) is 11.8 Å². The second-order valence-corrected chi connectivity index (χ2v) is 5.11. The quantitative estimate of drug-likeness (QED) is 0.653. The standard InChI is InChI=1S/C18H20N2O4/c1-4-23-15-8-5-14(6-9-15)7-10-17(21)19-20-18(22)16-11-12(2)24-13(16)3/h5-11H,4H2,1-3H3,(H,19,21)(H,20,22)/b10-7+. The maximum atomic E-state index is 11.9. The minimum absolute atomic E-state index is 0.392. The van der Waals surface area contributed by atoms with E-state index >= 15 is 0 Å². The van der Waals surface area contributed by atoms with Crippen LogP contribution in [0.5, 0.6) is 5.75 Å². The summed E-state index contributed by atoms with van der Waals surface area (Å²) in [6, 6.07) is 8.95. The van der Waals surface area contributed by atoms with Gasteiger partial charge in [-0.3, -0.25) is 20.4 Å². The Bertz CT molecular complexity index is 745. The molecule has 0 aliphatic rings. The van der Waals surface area contributed by atoms with Gasteiger partial charge in [0, 0.05) is 6.08 Å². The van der Waals surface area contributed by atoms with E-state index in [4.69, 9.17) is 9.15 Å². The molecule has 0 unspecified atom stereocenters. The molecule has 0 fully saturated rings. The number of aryl methyl sites for hydroxylation is 2. The minimum Gasteiger partial charge on any atom is -0.494 e. The van der Waals surface area contributed by atoms with Crippen molar-refractivity contribution in [3.8, 4) is 5.75 Å². The molecular weight excluding hydrogens is 308 g/mol. The lowest BCUT2D eigenvalue weighted by Gasteiger charge is -2.04. The number of amides is 2. The largest absolute Gasteiger partial charge is 0.494 e. The lowest BCUT2D eigenvalue weighted by atomic mass is 10.2. The summed E-state index contributed by atoms with van der Waals surface area (Å²) in [7, 11) is 0. The predicted octanol–water partition coefficient (Wildman–Crippen LogP) is 2.77. The summed E-state index contributed by atoms with van der Waals surface area (Å²) in [6.45, 7) is 5.96. The van der Waals surface area contributed by atoms with Crippen molar-refractivity contribution >= 4 is 17.9 Å². The highest BCUT2D eigenvalue weighted by molar-refractivity contribution is 5.98. The van der Waals surface area contributed by atoms with Gasteiger partial charge in [0.1, 0.15) is 17.3 Å². The first kappa shape index (κ1) is 17.3. The first-order valence-corrected chi connectivity index (χ1v) is 7.58. The normalized spacial score (nSPS) is 10.6. The van der Waals surface area contributed by atoms with Crippen LogP contribution in [0.4, 0.5) is 0 Å². The topological polar surface area (TPSA) is 80.6 Å². The Hall–Kier alpha value is -3.02. The number of carbonyl (C=O) groups is 2. The van der Waals surface area contributed by atoms with Crippen molar-refractivity contribution in [2.45, 2.75) is 20.8 Å². The van der Waals surface area contributed by atoms with Crippen LogP contribution in [0.3, 0.4) is 0 Å². The molecule has 6 heteroatoms. The molecule has 0 saturated heterocycles. The molecule has 0 atom stereocenters. The minimum atomic E-state index is -0.435. The lowest BCUT2D eigenvalue weighted by Crippen LogP contribution is -2.40. The zero-order chi connectivity index (χ0) is 17.5. The molecule has 1 heterocycles. The van der Waals surface area contributed by atoms with Crippen molar-refractivity contribution in [3.63, 3.8) is 0 Å². The SMILES string of the molecule is CCOc1ccc(/C=C/C(=O)NNC(=O)c2cc(C)oc2C)cc1. The van der Waals surface area contributed by atoms with E-state index in [2.05, 4.69) is 10.9 Å². The zero-order valence-corrected chi connectivity index (χ0v) is 13.9. The summed E-state index contributed by atoms with van der Waals surface area (Å²) in [4.78, 5) is 23.7. The molecule has 0 spiro atoms. The first-order valence-electron chi connectivity index (χ1n) is 7.58. The van der Waals surface area contributed by atoms with Crippen molar-refractivity contribution in [1.82, 2.24) is 10.9 Å². The molecule has 2 aromatic rings. The third-order valence-corrected chi connectivity index (χ3v) is 3.20. The number of ether oxygens (including phenoxy) is 1. The van der Waals surface area contributed by atoms with Crippen molar-refractivity contribution in [3.05, 3.63) is 59.1 Å². The maximum Gasteiger partial charge on any atom is 0.273 e. The van der Waals surface area contributed by atoms with E-state index in [1.54, 1.807) is 26.0 Å². The van der Waals surface area contributed by atoms with Gasteiger partial charge in [-0.15, -0.1) is 0 Å². The number of hydrazine groups is 1. The molecule has 2 amide bonds. The summed E-state index contributed by atoms with van der Waals surface area (Å²) in [6.07, 6.45) is 2.98. The average molecular weight is 328 g/mol. The highest BCUT2D eigenvalue weighted by atomic mass is 16.5. The Morgan fingerprint density at radius 3 is 2.46 bits per heavy atom. The van der Waals surface area contributed by atoms with Crippen molar-refractivity contribution in [2.24, 2.45) is 0 Å². The van der Waals surface area contributed by atoms with Gasteiger partial charge in [0.15, 0.2) is 0 Å². The summed E-state index contributed by atoms with van der Waals surface area (Å²) < 4.78 is 10.6. The third kappa shape index (κ3) is 4.74. The third-order valence-electron chi connectivity index (χ3n) is 3.20. The van der Waals surface area contributed by atoms with E-state index in [1.807, 2.05) is 31.2 Å². The van der Waals surface area contributed by atoms with Crippen LogP contribution >= 0.6 is 0 Å². The van der Waals surface area contributed by atoms with E-state index < -0.39 is 11.8 Å². The molecule has 0 saturated carbocycles. The second kappa shape index (κ2) is 8.01. The molecule has 0 aliphatic carbocycles. The number of benzene rings is 1. The Kier molecular flexibility index (Phi) is 5.78. The number of nitrogens with one attached hydrogen (secondary N) is 2. The molecular formula is C18H20N2O4. The van der Waals surface area contributed by atoms with Gasteiger partial charge >= 0.3 is 0 Å². The molecule has 0 bridgehead atoms. The monoisotopic (exact) mass is 328 g/mol. The summed E-state index contributed by atoms with van der Waals surface area (Å²) in [5.41, 5.74) is 5.91. The van der Waals surface area contributed by atoms with E-state index in [1.165, 1.54) is 6.08 Å². The summed E-state index contributed by atoms with van der Waals surface area (Å²) in [5.74, 6) is 1.06. The summed E-state index contributed by atoms with van der Waals surface area (Å²) >= 11 is 0. The van der Waals surface area contributed by atoms with Crippen LogP contribution in [0, 0.1) is 13.8 Å². The lowest BCUT2D eigenvalue weighted by molar-refractivity contribution is -0.117. The van der Waals surface area contributed by atoms with Gasteiger partial charge < -0.3 is 9.15 Å². The molecule has 0 radical (unpaired) electrons. The second-order valence-electron chi connectivity index (χ2n) is 5.11. The van der Waals surface area contributed by atoms with Crippen LogP contribution in [0.15, 0.2) is 40.8 Å². The smallest absolute Gasteiger partial charge is 0.273 e. The number of furan rings is 1. The molecule has 24 heavy (non-hydrogen) atoms. The van der Waals surface area contributed by atoms with Crippen LogP contribution < -0.4 is 15.6 Å². The Morgan fingerprint density at radius 1 is 1.17 bits per heavy atom. The number of rotatable bonds is 5. The number of carbonyl (C=O) groups excluding carboxylic acids is 2. The van der Waals surface area contributed by atoms with E-state index in [0.717, 1.165) is 11.3 Å². The van der Waals surface area contributed by atoms with Crippen LogP contribution in [0.1, 0.15) is 34.4 Å². The van der Waals surface area contributed by atoms with Crippen LogP contribution in [-0.2, 0) is 4.79 Å². The Labute approximate surface area is 140 Å². The van der Waals surface area contributed by atoms with Gasteiger partial charge in [-0.25, -0.2) is 0 Å². The van der Waals surface area contributed by atoms with Gasteiger partial charge in [-0.2, -0.15) is 0 Å². The Balaban J connectivity index is 1.86. The number of hydrogen-bond acceptors (Lipinski definition) is 4. The van der Waals surface area contributed by atoms with E-state index in [0.29, 0.717) is 23.7 Å². The predicted molar refractivity (Wildman–Crippen MR) is 90.4 cm³/mol. The van der Waals surface area contributed by atoms with Gasteiger partial charge in [-0.05, 0) is 50.6 Å². The van der Waals surface area contributed by atoms with E-state index in [9.17, 15) is 9.59 Å². The van der Waals surface area contributed by atoms with Crippen LogP contribution in [0.25, 0.3) is 6.08 Å². The maximum absolute atomic E-state index is 11.9. The van der Waals surface area contributed by atoms with Crippen LogP contribution in [-0.4, -0.2) is 18.4 Å². The first-order chi connectivity index (χ1) is 11.5. The zero-order valence-electron chi connectivity index (χ0n) is 13.9. The fourth-order valence-corrected chi connectivity index (χ4v) is 2.10. The molecule has 0 aliphatic heterocycles. The van der Waals surface area contributed by atoms with Gasteiger partial charge in [-0.1, -0.05) is 12.1 Å². The fraction of sp³-hybridized carbons (Fsp3) is 0.222. The fourth-order valence-electron chi connectivity index (χ4n) is 2.10. The van der Waals surface area contributed by atoms with Crippen molar-refractivity contribution in [1.29, 1.82) is 0 Å². The molecule has 1 aromatic carbocycles. The van der Waals surface area contributed by atoms with E-state index in [-0.39, 0.29) is 0 Å². The van der Waals surface area contributed by atoms with Gasteiger partial charge in [0.2, 0.25) is 0 Å². The Morgan fingerprint density at radius 2 is 1.88 bits per heavy atom. The summed E-state index contributed by atoms with van der Waals surface area (Å²) in [5, 5.41) is 0. The van der Waals surface area contributed by atoms with Gasteiger partial charge in [0.05, 0.1) is 12.2 Å². The molecule has 2 N–H and O–H groups in total. The van der Waals surface area contributed by atoms with Crippen molar-refractivity contribution in [2.75, 3.05) is 6.61 Å². The number of hydrogen-bond donors (Lipinski definition) is 2. The molecule has 6 nitrogen and oxygen atoms in total. The molecule has 126 valence electrons. The average Bonchev–Trinajstić information content (AvgIpc) is 2.91.